The highest BCUT2D eigenvalue weighted by molar-refractivity contribution is 7.45. The van der Waals surface area contributed by atoms with Crippen molar-refractivity contribution in [2.45, 2.75) is 53.6 Å². The van der Waals surface area contributed by atoms with E-state index in [0.29, 0.717) is 49.6 Å². The molecule has 7 N–H and O–H groups in total. The van der Waals surface area contributed by atoms with Crippen LogP contribution in [0, 0.1) is 27.7 Å². The Bertz CT molecular complexity index is 1400. The van der Waals surface area contributed by atoms with Crippen LogP contribution in [0.25, 0.3) is 0 Å². The van der Waals surface area contributed by atoms with Crippen molar-refractivity contribution in [3.63, 3.8) is 0 Å². The first-order valence-corrected chi connectivity index (χ1v) is 15.8. The van der Waals surface area contributed by atoms with Crippen molar-refractivity contribution in [3.8, 4) is 0 Å². The van der Waals surface area contributed by atoms with E-state index in [4.69, 9.17) is 40.5 Å². The highest BCUT2D eigenvalue weighted by atomic mass is 32.1. The summed E-state index contributed by atoms with van der Waals surface area (Å²) in [6, 6.07) is 0. The Kier molecular flexibility index (Phi) is 11.7. The summed E-state index contributed by atoms with van der Waals surface area (Å²) >= 11 is 3.40. The maximum Gasteiger partial charge on any atom is 0.466 e. The van der Waals surface area contributed by atoms with Gasteiger partial charge in [0.1, 0.15) is 23.3 Å². The molecule has 0 aromatic carbocycles. The van der Waals surface area contributed by atoms with Crippen LogP contribution in [-0.2, 0) is 40.3 Å². The van der Waals surface area contributed by atoms with E-state index in [2.05, 4.69) is 53.9 Å². The summed E-state index contributed by atoms with van der Waals surface area (Å²) in [4.78, 5) is 52.0. The molecule has 0 saturated carbocycles. The first-order chi connectivity index (χ1) is 19.3. The zero-order valence-corrected chi connectivity index (χ0v) is 25.7. The third kappa shape index (κ3) is 10.4. The van der Waals surface area contributed by atoms with E-state index >= 15 is 0 Å². The molecule has 0 radical (unpaired) electrons. The van der Waals surface area contributed by atoms with Crippen LogP contribution in [0.15, 0.2) is 23.4 Å². The SMILES string of the molecule is Cc1ncc(C[n+]2csc(CCOOCCc3sc[n+](Cc4cnc(C)nc4N)c3C)c2C)c(N)n1.O=P(O)(O)O. The number of hydrogen-bond donors (Lipinski definition) is 5. The second-order valence-electron chi connectivity index (χ2n) is 9.03. The number of aryl methyl sites for hydroxylation is 2. The van der Waals surface area contributed by atoms with Gasteiger partial charge in [0.25, 0.3) is 0 Å². The van der Waals surface area contributed by atoms with Crippen LogP contribution in [0.4, 0.5) is 11.6 Å². The summed E-state index contributed by atoms with van der Waals surface area (Å²) < 4.78 is 13.2. The number of rotatable bonds is 11. The minimum absolute atomic E-state index is 0.493. The summed E-state index contributed by atoms with van der Waals surface area (Å²) in [5.74, 6) is 2.41. The van der Waals surface area contributed by atoms with Gasteiger partial charge in [-0.2, -0.15) is 9.13 Å². The van der Waals surface area contributed by atoms with Crippen LogP contribution in [0.3, 0.4) is 0 Å². The molecule has 4 aromatic rings. The third-order valence-electron chi connectivity index (χ3n) is 5.94. The molecule has 0 unspecified atom stereocenters. The molecule has 0 aliphatic rings. The molecule has 0 atom stereocenters. The smallest absolute Gasteiger partial charge is 0.383 e. The quantitative estimate of drug-likeness (QED) is 0.0524. The summed E-state index contributed by atoms with van der Waals surface area (Å²) in [6.07, 6.45) is 5.14. The van der Waals surface area contributed by atoms with Crippen molar-refractivity contribution < 1.29 is 38.2 Å². The summed E-state index contributed by atoms with van der Waals surface area (Å²) in [7, 11) is -4.64. The first kappa shape index (κ1) is 32.6. The first-order valence-electron chi connectivity index (χ1n) is 12.4. The molecule has 0 bridgehead atoms. The molecule has 0 amide bonds. The maximum absolute atomic E-state index is 8.88. The monoisotopic (exact) mass is 626 g/mol. The Morgan fingerprint density at radius 1 is 0.780 bits per heavy atom. The Labute approximate surface area is 245 Å². The largest absolute Gasteiger partial charge is 0.466 e. The fraction of sp³-hybridized carbons (Fsp3) is 0.417. The van der Waals surface area contributed by atoms with E-state index in [0.717, 1.165) is 24.0 Å². The molecule has 4 rings (SSSR count). The van der Waals surface area contributed by atoms with Crippen molar-refractivity contribution >= 4 is 42.1 Å². The average molecular weight is 627 g/mol. The van der Waals surface area contributed by atoms with Gasteiger partial charge in [0, 0.05) is 39.1 Å². The van der Waals surface area contributed by atoms with Gasteiger partial charge < -0.3 is 26.1 Å². The molecule has 0 fully saturated rings. The van der Waals surface area contributed by atoms with E-state index in [1.165, 1.54) is 21.1 Å². The standard InChI is InChI=1S/C24H32N8O2S2.H3O4P/c1-15-21(35-13-31(15)11-19-9-27-17(3)29-23(19)25)5-7-33-34-8-6-22-16(2)32(14-36-22)12-20-10-28-18(4)30-24(20)26;1-5(2,3)4/h9-10,13-14H,5-8,11-12H2,1-4H3,(H2,25,27,29)(H2,26,28,30);(H3,1,2,3,4)/q+2;. The summed E-state index contributed by atoms with van der Waals surface area (Å²) in [6.45, 7) is 10.2. The third-order valence-corrected chi connectivity index (χ3v) is 8.23. The van der Waals surface area contributed by atoms with E-state index in [-0.39, 0.29) is 0 Å². The molecule has 222 valence electrons. The topological polar surface area (TPSA) is 208 Å². The van der Waals surface area contributed by atoms with Crippen molar-refractivity contribution in [1.82, 2.24) is 19.9 Å². The highest BCUT2D eigenvalue weighted by Crippen LogP contribution is 2.25. The lowest BCUT2D eigenvalue weighted by atomic mass is 10.2. The van der Waals surface area contributed by atoms with Gasteiger partial charge >= 0.3 is 7.82 Å². The van der Waals surface area contributed by atoms with E-state index in [9.17, 15) is 0 Å². The van der Waals surface area contributed by atoms with Crippen LogP contribution in [-0.4, -0.2) is 47.8 Å². The number of nitrogen functional groups attached to an aromatic ring is 2. The number of aromatic nitrogens is 6. The lowest BCUT2D eigenvalue weighted by Crippen LogP contribution is -2.35. The Morgan fingerprint density at radius 3 is 1.49 bits per heavy atom. The molecule has 4 heterocycles. The molecular weight excluding hydrogens is 591 g/mol. The van der Waals surface area contributed by atoms with Crippen LogP contribution < -0.4 is 20.6 Å². The summed E-state index contributed by atoms with van der Waals surface area (Å²) in [5, 5.41) is 0. The Morgan fingerprint density at radius 2 is 1.15 bits per heavy atom. The number of thiazole rings is 2. The predicted molar refractivity (Wildman–Crippen MR) is 153 cm³/mol. The number of anilines is 2. The van der Waals surface area contributed by atoms with Gasteiger partial charge in [-0.05, 0) is 13.8 Å². The van der Waals surface area contributed by atoms with Gasteiger partial charge in [-0.15, -0.1) is 0 Å². The summed E-state index contributed by atoms with van der Waals surface area (Å²) in [5.41, 5.74) is 20.5. The van der Waals surface area contributed by atoms with E-state index in [1.54, 1.807) is 35.1 Å². The van der Waals surface area contributed by atoms with Gasteiger partial charge in [0.15, 0.2) is 24.5 Å². The van der Waals surface area contributed by atoms with Gasteiger partial charge in [0.05, 0.1) is 34.1 Å². The zero-order valence-electron chi connectivity index (χ0n) is 23.2. The predicted octanol–water partition coefficient (Wildman–Crippen LogP) is 1.26. The number of hydrogen-bond acceptors (Lipinski definition) is 11. The van der Waals surface area contributed by atoms with E-state index < -0.39 is 7.82 Å². The van der Waals surface area contributed by atoms with Gasteiger partial charge in [-0.3, -0.25) is 0 Å². The van der Waals surface area contributed by atoms with Gasteiger partial charge in [-0.1, -0.05) is 22.7 Å². The van der Waals surface area contributed by atoms with Crippen LogP contribution in [0.1, 0.15) is 43.9 Å². The minimum atomic E-state index is -4.64. The van der Waals surface area contributed by atoms with Gasteiger partial charge in [-0.25, -0.2) is 34.3 Å². The second-order valence-corrected chi connectivity index (χ2v) is 11.9. The molecule has 4 aromatic heterocycles. The zero-order chi connectivity index (χ0) is 30.2. The molecule has 14 nitrogen and oxygen atoms in total. The van der Waals surface area contributed by atoms with Crippen molar-refractivity contribution in [1.29, 1.82) is 0 Å². The highest BCUT2D eigenvalue weighted by Gasteiger charge is 2.19. The number of phosphoric acid groups is 1. The molecule has 0 aliphatic carbocycles. The molecule has 0 saturated heterocycles. The van der Waals surface area contributed by atoms with E-state index in [1.807, 2.05) is 13.8 Å². The lowest BCUT2D eigenvalue weighted by Gasteiger charge is -2.04. The fourth-order valence-corrected chi connectivity index (χ4v) is 5.67. The Hall–Kier alpha value is -2.95. The second kappa shape index (κ2) is 14.8. The van der Waals surface area contributed by atoms with Crippen LogP contribution >= 0.6 is 30.5 Å². The normalized spacial score (nSPS) is 11.4. The molecular formula is C24H35N8O6PS2+2. The molecule has 0 spiro atoms. The molecule has 0 aliphatic heterocycles. The minimum Gasteiger partial charge on any atom is -0.383 e. The molecule has 17 heteroatoms. The maximum atomic E-state index is 8.88. The van der Waals surface area contributed by atoms with Crippen molar-refractivity contribution in [2.24, 2.45) is 0 Å². The van der Waals surface area contributed by atoms with Crippen molar-refractivity contribution in [3.05, 3.63) is 67.3 Å². The molecule has 41 heavy (non-hydrogen) atoms. The fourth-order valence-electron chi connectivity index (χ4n) is 3.72. The average Bonchev–Trinajstić information content (AvgIpc) is 3.40. The van der Waals surface area contributed by atoms with Crippen LogP contribution in [0.5, 0.6) is 0 Å². The van der Waals surface area contributed by atoms with Crippen molar-refractivity contribution in [2.75, 3.05) is 24.7 Å². The lowest BCUT2D eigenvalue weighted by molar-refractivity contribution is -0.689. The number of nitrogens with zero attached hydrogens (tertiary/aromatic N) is 6. The Balaban J connectivity index is 0.000000850. The van der Waals surface area contributed by atoms with Crippen LogP contribution in [0.2, 0.25) is 0 Å². The number of nitrogens with two attached hydrogens (primary N) is 2. The van der Waals surface area contributed by atoms with Gasteiger partial charge in [0.2, 0.25) is 11.0 Å².